The molecular formula is C26H25N7O2. The van der Waals surface area contributed by atoms with Crippen molar-refractivity contribution in [2.75, 3.05) is 6.54 Å². The van der Waals surface area contributed by atoms with Crippen molar-refractivity contribution in [1.82, 2.24) is 34.4 Å². The molecule has 0 spiro atoms. The summed E-state index contributed by atoms with van der Waals surface area (Å²) < 4.78 is 7.77. The molecule has 0 atom stereocenters. The number of fused-ring (bicyclic) bond motifs is 2. The maximum atomic E-state index is 13.1. The van der Waals surface area contributed by atoms with Gasteiger partial charge in [0.1, 0.15) is 5.69 Å². The molecule has 0 saturated heterocycles. The highest BCUT2D eigenvalue weighted by Crippen LogP contribution is 2.42. The lowest BCUT2D eigenvalue weighted by Crippen LogP contribution is -2.36. The molecule has 5 aromatic heterocycles. The highest BCUT2D eigenvalue weighted by atomic mass is 16.4. The predicted octanol–water partition coefficient (Wildman–Crippen LogP) is 4.18. The summed E-state index contributed by atoms with van der Waals surface area (Å²) in [6.07, 6.45) is 10.00. The smallest absolute Gasteiger partial charge is 0.291 e. The summed E-state index contributed by atoms with van der Waals surface area (Å²) in [7, 11) is 0. The Hall–Kier alpha value is -4.27. The molecule has 1 N–H and O–H groups in total. The van der Waals surface area contributed by atoms with Gasteiger partial charge in [-0.05, 0) is 49.6 Å². The highest BCUT2D eigenvalue weighted by Gasteiger charge is 2.36. The number of aryl methyl sites for hydroxylation is 1. The van der Waals surface area contributed by atoms with E-state index in [9.17, 15) is 4.79 Å². The highest BCUT2D eigenvalue weighted by molar-refractivity contribution is 5.93. The summed E-state index contributed by atoms with van der Waals surface area (Å²) in [6, 6.07) is 11.7. The quantitative estimate of drug-likeness (QED) is 0.427. The number of nitrogens with one attached hydrogen (secondary N) is 1. The third-order valence-electron chi connectivity index (χ3n) is 6.41. The van der Waals surface area contributed by atoms with Gasteiger partial charge in [0.25, 0.3) is 5.91 Å². The van der Waals surface area contributed by atoms with Crippen LogP contribution in [0.2, 0.25) is 0 Å². The Morgan fingerprint density at radius 2 is 2.03 bits per heavy atom. The molecule has 1 fully saturated rings. The van der Waals surface area contributed by atoms with Crippen LogP contribution in [-0.2, 0) is 13.0 Å². The summed E-state index contributed by atoms with van der Waals surface area (Å²) in [6.45, 7) is 3.25. The number of pyridine rings is 2. The van der Waals surface area contributed by atoms with Crippen molar-refractivity contribution in [3.8, 4) is 11.6 Å². The van der Waals surface area contributed by atoms with Crippen LogP contribution in [0.5, 0.6) is 0 Å². The van der Waals surface area contributed by atoms with E-state index in [-0.39, 0.29) is 5.91 Å². The Kier molecular flexibility index (Phi) is 5.36. The fourth-order valence-electron chi connectivity index (χ4n) is 4.35. The maximum Gasteiger partial charge on any atom is 0.291 e. The van der Waals surface area contributed by atoms with Gasteiger partial charge in [-0.3, -0.25) is 9.78 Å². The molecule has 5 aromatic rings. The Labute approximate surface area is 201 Å². The average molecular weight is 468 g/mol. The van der Waals surface area contributed by atoms with Crippen molar-refractivity contribution >= 4 is 11.4 Å². The number of hydrogen-bond donors (Lipinski definition) is 1. The number of aromatic nitrogens is 6. The zero-order valence-electron chi connectivity index (χ0n) is 19.4. The molecule has 9 nitrogen and oxygen atoms in total. The van der Waals surface area contributed by atoms with Crippen molar-refractivity contribution in [1.29, 1.82) is 0 Å². The van der Waals surface area contributed by atoms with Gasteiger partial charge in [-0.1, -0.05) is 12.1 Å². The van der Waals surface area contributed by atoms with Crippen LogP contribution in [0.25, 0.3) is 17.1 Å². The fraction of sp³-hybridized carbons (Fsp3) is 0.269. The monoisotopic (exact) mass is 467 g/mol. The summed E-state index contributed by atoms with van der Waals surface area (Å²) >= 11 is 0. The minimum atomic E-state index is -0.100. The van der Waals surface area contributed by atoms with E-state index in [4.69, 9.17) is 4.42 Å². The van der Waals surface area contributed by atoms with E-state index >= 15 is 0 Å². The lowest BCUT2D eigenvalue weighted by molar-refractivity contribution is 0.0699. The number of aromatic amines is 1. The van der Waals surface area contributed by atoms with Gasteiger partial charge >= 0.3 is 0 Å². The van der Waals surface area contributed by atoms with E-state index in [2.05, 4.69) is 38.0 Å². The molecular weight excluding hydrogens is 442 g/mol. The first-order chi connectivity index (χ1) is 17.2. The number of hydrogen-bond acceptors (Lipinski definition) is 6. The number of oxazole rings is 1. The minimum absolute atomic E-state index is 0.100. The molecule has 35 heavy (non-hydrogen) atoms. The fourth-order valence-corrected chi connectivity index (χ4v) is 4.35. The topological polar surface area (TPSA) is 105 Å². The molecule has 6 heterocycles. The molecule has 0 unspecified atom stereocenters. The molecule has 1 aliphatic carbocycles. The molecule has 0 radical (unpaired) electrons. The molecule has 7 rings (SSSR count). The molecule has 1 saturated carbocycles. The average Bonchev–Trinajstić information content (AvgIpc) is 3.28. The van der Waals surface area contributed by atoms with E-state index < -0.39 is 0 Å². The van der Waals surface area contributed by atoms with Gasteiger partial charge in [0.15, 0.2) is 0 Å². The summed E-state index contributed by atoms with van der Waals surface area (Å²) in [5.74, 6) is 1.01. The molecule has 9 heteroatoms. The third kappa shape index (κ3) is 4.21. The summed E-state index contributed by atoms with van der Waals surface area (Å²) in [5.41, 5.74) is 5.91. The number of rotatable bonds is 3. The first-order valence-electron chi connectivity index (χ1n) is 11.8. The first kappa shape index (κ1) is 21.3. The van der Waals surface area contributed by atoms with E-state index in [1.807, 2.05) is 47.2 Å². The Morgan fingerprint density at radius 3 is 2.83 bits per heavy atom. The number of carbonyl (C=O) groups excluding carboxylic acids is 1. The number of H-pyrrole nitrogens is 1. The van der Waals surface area contributed by atoms with Crippen LogP contribution in [0.3, 0.4) is 0 Å². The van der Waals surface area contributed by atoms with Gasteiger partial charge in [-0.15, -0.1) is 0 Å². The van der Waals surface area contributed by atoms with Crippen LogP contribution in [-0.4, -0.2) is 46.9 Å². The van der Waals surface area contributed by atoms with E-state index in [0.717, 1.165) is 36.3 Å². The zero-order chi connectivity index (χ0) is 23.8. The van der Waals surface area contributed by atoms with Gasteiger partial charge in [-0.2, -0.15) is 5.10 Å². The number of imidazole rings is 1. The van der Waals surface area contributed by atoms with Crippen molar-refractivity contribution in [2.24, 2.45) is 0 Å². The van der Waals surface area contributed by atoms with E-state index in [0.29, 0.717) is 36.4 Å². The molecule has 0 bridgehead atoms. The van der Waals surface area contributed by atoms with Crippen molar-refractivity contribution < 1.29 is 9.21 Å². The Bertz CT molecular complexity index is 1480. The van der Waals surface area contributed by atoms with Crippen LogP contribution in [0.4, 0.5) is 0 Å². The van der Waals surface area contributed by atoms with Crippen molar-refractivity contribution in [2.45, 2.75) is 38.6 Å². The third-order valence-corrected chi connectivity index (χ3v) is 6.41. The zero-order valence-corrected chi connectivity index (χ0v) is 19.4. The van der Waals surface area contributed by atoms with E-state index in [1.54, 1.807) is 17.4 Å². The Morgan fingerprint density at radius 1 is 1.11 bits per heavy atom. The standard InChI is InChI=1S/C18H17N5O2.C8H8N2/c24-18(23-8-6-12-14(9-23)21-10-20-12)16-15(11-4-5-11)22-17(25-16)13-3-1-2-7-19-13;1-7-3-2-6-10-8(7)4-5-9-10/h1-3,7,10-11H,4-6,8-9H2,(H,20,21);2-6H,1H3. The number of nitrogens with zero attached hydrogens (tertiary/aromatic N) is 6. The van der Waals surface area contributed by atoms with Gasteiger partial charge in [0, 0.05) is 37.5 Å². The van der Waals surface area contributed by atoms with Crippen molar-refractivity contribution in [3.05, 3.63) is 89.7 Å². The molecule has 176 valence electrons. The van der Waals surface area contributed by atoms with Crippen LogP contribution < -0.4 is 0 Å². The summed E-state index contributed by atoms with van der Waals surface area (Å²) in [4.78, 5) is 31.1. The van der Waals surface area contributed by atoms with E-state index in [1.165, 1.54) is 11.1 Å². The number of carbonyl (C=O) groups is 1. The van der Waals surface area contributed by atoms with Gasteiger partial charge in [0.2, 0.25) is 11.7 Å². The summed E-state index contributed by atoms with van der Waals surface area (Å²) in [5, 5.41) is 4.10. The van der Waals surface area contributed by atoms with Gasteiger partial charge < -0.3 is 14.3 Å². The van der Waals surface area contributed by atoms with Crippen LogP contribution in [0, 0.1) is 6.92 Å². The first-order valence-corrected chi connectivity index (χ1v) is 11.8. The molecule has 1 aliphatic heterocycles. The lowest BCUT2D eigenvalue weighted by Gasteiger charge is -2.25. The van der Waals surface area contributed by atoms with Gasteiger partial charge in [-0.25, -0.2) is 14.5 Å². The van der Waals surface area contributed by atoms with Crippen LogP contribution >= 0.6 is 0 Å². The second kappa shape index (κ2) is 8.83. The number of amides is 1. The van der Waals surface area contributed by atoms with Crippen LogP contribution in [0.1, 0.15) is 52.0 Å². The SMILES string of the molecule is Cc1cccn2nccc12.O=C(c1oc(-c2ccccn2)nc1C1CC1)N1CCc2nc[nH]c2C1. The maximum absolute atomic E-state index is 13.1. The van der Waals surface area contributed by atoms with Gasteiger partial charge in [0.05, 0.1) is 35.5 Å². The predicted molar refractivity (Wildman–Crippen MR) is 129 cm³/mol. The largest absolute Gasteiger partial charge is 0.429 e. The normalized spacial score (nSPS) is 14.9. The second-order valence-electron chi connectivity index (χ2n) is 8.88. The minimum Gasteiger partial charge on any atom is -0.429 e. The molecule has 0 aromatic carbocycles. The second-order valence-corrected chi connectivity index (χ2v) is 8.88. The van der Waals surface area contributed by atoms with Crippen LogP contribution in [0.15, 0.2) is 65.7 Å². The molecule has 1 amide bonds. The van der Waals surface area contributed by atoms with Crippen molar-refractivity contribution in [3.63, 3.8) is 0 Å². The Balaban J connectivity index is 0.000000191. The molecule has 2 aliphatic rings. The lowest BCUT2D eigenvalue weighted by atomic mass is 10.1.